The molecule has 0 aromatic carbocycles. The Morgan fingerprint density at radius 3 is 2.90 bits per heavy atom. The largest absolute Gasteiger partial charge is 0.411 e. The zero-order chi connectivity index (χ0) is 14.8. The summed E-state index contributed by atoms with van der Waals surface area (Å²) in [6, 6.07) is 3.70. The summed E-state index contributed by atoms with van der Waals surface area (Å²) in [6.45, 7) is 4.39. The molecular formula is C14H16N4O3. The topological polar surface area (TPSA) is 79.4 Å². The molecule has 0 atom stereocenters. The molecule has 110 valence electrons. The van der Waals surface area contributed by atoms with Crippen LogP contribution >= 0.6 is 0 Å². The molecule has 3 heterocycles. The molecule has 1 aliphatic rings. The number of anilines is 1. The Morgan fingerprint density at radius 2 is 2.19 bits per heavy atom. The number of rotatable bonds is 2. The lowest BCUT2D eigenvalue weighted by Crippen LogP contribution is -2.39. The zero-order valence-corrected chi connectivity index (χ0v) is 11.7. The number of morpholine rings is 1. The van der Waals surface area contributed by atoms with Gasteiger partial charge in [-0.25, -0.2) is 4.98 Å². The Morgan fingerprint density at radius 1 is 1.43 bits per heavy atom. The first-order valence-electron chi connectivity index (χ1n) is 6.74. The third kappa shape index (κ3) is 2.36. The van der Waals surface area contributed by atoms with Crippen molar-refractivity contribution in [2.75, 3.05) is 31.2 Å². The van der Waals surface area contributed by atoms with Gasteiger partial charge in [-0.05, 0) is 18.6 Å². The number of aromatic nitrogens is 2. The predicted octanol–water partition coefficient (Wildman–Crippen LogP) is 0.648. The second-order valence-corrected chi connectivity index (χ2v) is 4.88. The first-order chi connectivity index (χ1) is 10.2. The van der Waals surface area contributed by atoms with Crippen LogP contribution in [0, 0.1) is 6.92 Å². The lowest BCUT2D eigenvalue weighted by atomic mass is 10.2. The summed E-state index contributed by atoms with van der Waals surface area (Å²) in [6.07, 6.45) is 2.81. The second kappa shape index (κ2) is 5.53. The Bertz CT molecular complexity index is 748. The second-order valence-electron chi connectivity index (χ2n) is 4.88. The van der Waals surface area contributed by atoms with Crippen LogP contribution in [0.25, 0.3) is 5.65 Å². The van der Waals surface area contributed by atoms with E-state index in [0.717, 1.165) is 11.8 Å². The van der Waals surface area contributed by atoms with Gasteiger partial charge in [-0.3, -0.25) is 9.20 Å². The lowest BCUT2D eigenvalue weighted by molar-refractivity contribution is 0.122. The van der Waals surface area contributed by atoms with Gasteiger partial charge in [0.15, 0.2) is 0 Å². The third-order valence-corrected chi connectivity index (χ3v) is 3.56. The maximum Gasteiger partial charge on any atom is 0.269 e. The predicted molar refractivity (Wildman–Crippen MR) is 78.6 cm³/mol. The van der Waals surface area contributed by atoms with Crippen LogP contribution in [-0.4, -0.2) is 47.1 Å². The number of ether oxygens (including phenoxy) is 1. The van der Waals surface area contributed by atoms with Gasteiger partial charge in [0.2, 0.25) is 0 Å². The lowest BCUT2D eigenvalue weighted by Gasteiger charge is -2.28. The summed E-state index contributed by atoms with van der Waals surface area (Å²) in [5.41, 5.74) is 1.56. The van der Waals surface area contributed by atoms with E-state index in [1.807, 2.05) is 17.9 Å². The van der Waals surface area contributed by atoms with Gasteiger partial charge in [-0.15, -0.1) is 0 Å². The van der Waals surface area contributed by atoms with Gasteiger partial charge in [-0.2, -0.15) is 0 Å². The maximum atomic E-state index is 12.6. The van der Waals surface area contributed by atoms with E-state index in [9.17, 15) is 4.79 Å². The van der Waals surface area contributed by atoms with E-state index in [1.54, 1.807) is 12.3 Å². The molecule has 3 rings (SSSR count). The number of aryl methyl sites for hydroxylation is 1. The molecule has 0 bridgehead atoms. The van der Waals surface area contributed by atoms with Crippen LogP contribution in [0.3, 0.4) is 0 Å². The first-order valence-corrected chi connectivity index (χ1v) is 6.74. The molecule has 0 unspecified atom stereocenters. The Balaban J connectivity index is 2.27. The average Bonchev–Trinajstić information content (AvgIpc) is 2.51. The Labute approximate surface area is 121 Å². The number of nitrogens with zero attached hydrogens (tertiary/aromatic N) is 4. The molecule has 7 nitrogen and oxygen atoms in total. The van der Waals surface area contributed by atoms with Crippen molar-refractivity contribution in [3.8, 4) is 0 Å². The molecular weight excluding hydrogens is 272 g/mol. The van der Waals surface area contributed by atoms with Crippen LogP contribution in [0.1, 0.15) is 11.1 Å². The zero-order valence-electron chi connectivity index (χ0n) is 11.7. The molecule has 1 N–H and O–H groups in total. The minimum absolute atomic E-state index is 0.247. The van der Waals surface area contributed by atoms with E-state index in [-0.39, 0.29) is 11.1 Å². The highest BCUT2D eigenvalue weighted by Gasteiger charge is 2.20. The van der Waals surface area contributed by atoms with Crippen molar-refractivity contribution in [2.45, 2.75) is 6.92 Å². The first kappa shape index (κ1) is 13.6. The highest BCUT2D eigenvalue weighted by Crippen LogP contribution is 2.17. The summed E-state index contributed by atoms with van der Waals surface area (Å²) in [4.78, 5) is 19.2. The molecule has 21 heavy (non-hydrogen) atoms. The van der Waals surface area contributed by atoms with Gasteiger partial charge in [0.25, 0.3) is 5.56 Å². The van der Waals surface area contributed by atoms with Gasteiger partial charge >= 0.3 is 0 Å². The van der Waals surface area contributed by atoms with Crippen LogP contribution in [0.4, 0.5) is 5.82 Å². The monoisotopic (exact) mass is 288 g/mol. The highest BCUT2D eigenvalue weighted by molar-refractivity contribution is 5.86. The molecule has 1 fully saturated rings. The minimum Gasteiger partial charge on any atom is -0.411 e. The van der Waals surface area contributed by atoms with E-state index in [2.05, 4.69) is 10.1 Å². The fourth-order valence-electron chi connectivity index (χ4n) is 2.49. The molecule has 0 radical (unpaired) electrons. The SMILES string of the molecule is Cc1cccn2c(=O)c(/C=N/O)c(N3CCOCC3)nc12. The van der Waals surface area contributed by atoms with Crippen LogP contribution in [-0.2, 0) is 4.74 Å². The normalized spacial score (nSPS) is 16.0. The number of hydrogen-bond acceptors (Lipinski definition) is 6. The summed E-state index contributed by atoms with van der Waals surface area (Å²) < 4.78 is 6.80. The van der Waals surface area contributed by atoms with Crippen molar-refractivity contribution in [3.63, 3.8) is 0 Å². The maximum absolute atomic E-state index is 12.6. The number of pyridine rings is 1. The van der Waals surface area contributed by atoms with Crippen molar-refractivity contribution >= 4 is 17.7 Å². The number of hydrogen-bond donors (Lipinski definition) is 1. The third-order valence-electron chi connectivity index (χ3n) is 3.56. The van der Waals surface area contributed by atoms with Crippen LogP contribution in [0.15, 0.2) is 28.3 Å². The molecule has 1 saturated heterocycles. The van der Waals surface area contributed by atoms with E-state index in [0.29, 0.717) is 37.8 Å². The van der Waals surface area contributed by atoms with Crippen LogP contribution in [0.2, 0.25) is 0 Å². The van der Waals surface area contributed by atoms with Crippen molar-refractivity contribution in [2.24, 2.45) is 5.16 Å². The van der Waals surface area contributed by atoms with Crippen molar-refractivity contribution < 1.29 is 9.94 Å². The molecule has 0 saturated carbocycles. The van der Waals surface area contributed by atoms with Crippen molar-refractivity contribution in [1.29, 1.82) is 0 Å². The van der Waals surface area contributed by atoms with Gasteiger partial charge < -0.3 is 14.8 Å². The summed E-state index contributed by atoms with van der Waals surface area (Å²) in [5, 5.41) is 11.9. The highest BCUT2D eigenvalue weighted by atomic mass is 16.5. The molecule has 0 aliphatic carbocycles. The van der Waals surface area contributed by atoms with Crippen LogP contribution in [0.5, 0.6) is 0 Å². The smallest absolute Gasteiger partial charge is 0.269 e. The summed E-state index contributed by atoms with van der Waals surface area (Å²) in [7, 11) is 0. The molecule has 0 amide bonds. The summed E-state index contributed by atoms with van der Waals surface area (Å²) in [5.74, 6) is 0.537. The Kier molecular flexibility index (Phi) is 3.57. The molecule has 0 spiro atoms. The van der Waals surface area contributed by atoms with Crippen LogP contribution < -0.4 is 10.5 Å². The van der Waals surface area contributed by atoms with Crippen molar-refractivity contribution in [3.05, 3.63) is 39.8 Å². The quantitative estimate of drug-likeness (QED) is 0.498. The standard InChI is InChI=1S/C14H16N4O3/c1-10-3-2-4-18-12(10)16-13(11(9-15-20)14(18)19)17-5-7-21-8-6-17/h2-4,9,20H,5-8H2,1H3/b15-9+. The minimum atomic E-state index is -0.247. The van der Waals surface area contributed by atoms with E-state index in [4.69, 9.17) is 9.94 Å². The number of fused-ring (bicyclic) bond motifs is 1. The fourth-order valence-corrected chi connectivity index (χ4v) is 2.49. The van der Waals surface area contributed by atoms with E-state index >= 15 is 0 Å². The van der Waals surface area contributed by atoms with E-state index < -0.39 is 0 Å². The van der Waals surface area contributed by atoms with Gasteiger partial charge in [0, 0.05) is 19.3 Å². The Hall–Kier alpha value is -2.41. The van der Waals surface area contributed by atoms with Gasteiger partial charge in [0.05, 0.1) is 19.4 Å². The van der Waals surface area contributed by atoms with Gasteiger partial charge in [-0.1, -0.05) is 11.2 Å². The molecule has 1 aliphatic heterocycles. The molecule has 2 aromatic heterocycles. The van der Waals surface area contributed by atoms with Crippen molar-refractivity contribution in [1.82, 2.24) is 9.38 Å². The number of oxime groups is 1. The summed E-state index contributed by atoms with van der Waals surface area (Å²) >= 11 is 0. The molecule has 2 aromatic rings. The van der Waals surface area contributed by atoms with E-state index in [1.165, 1.54) is 4.40 Å². The van der Waals surface area contributed by atoms with Gasteiger partial charge in [0.1, 0.15) is 17.0 Å². The molecule has 7 heteroatoms. The average molecular weight is 288 g/mol. The fraction of sp³-hybridized carbons (Fsp3) is 0.357.